The lowest BCUT2D eigenvalue weighted by Crippen LogP contribution is -1.60. The highest BCUT2D eigenvalue weighted by Crippen LogP contribution is 2.00. The smallest absolute Gasteiger partial charge is 0.225 e. The van der Waals surface area contributed by atoms with Crippen LogP contribution in [0.2, 0.25) is 0 Å². The Morgan fingerprint density at radius 1 is 1.67 bits per heavy atom. The van der Waals surface area contributed by atoms with Crippen LogP contribution in [0.5, 0.6) is 0 Å². The monoisotopic (exact) mass is 121 g/mol. The highest BCUT2D eigenvalue weighted by atomic mass is 16.3. The minimum absolute atomic E-state index is 0.873. The van der Waals surface area contributed by atoms with E-state index in [-0.39, 0.29) is 0 Å². The number of hydrogen-bond donors (Lipinski definition) is 0. The van der Waals surface area contributed by atoms with Crippen LogP contribution >= 0.6 is 0 Å². The number of allylic oxidation sites excluding steroid dienone is 1. The molecule has 1 aromatic rings. The lowest BCUT2D eigenvalue weighted by molar-refractivity contribution is 0.564. The van der Waals surface area contributed by atoms with Gasteiger partial charge in [0.15, 0.2) is 0 Å². The van der Waals surface area contributed by atoms with E-state index in [1.54, 1.807) is 31.0 Å². The van der Waals surface area contributed by atoms with Crippen LogP contribution in [0.1, 0.15) is 5.56 Å². The predicted molar refractivity (Wildman–Crippen MR) is 33.4 cm³/mol. The Balaban J connectivity index is 2.67. The van der Waals surface area contributed by atoms with E-state index in [1.807, 2.05) is 0 Å². The van der Waals surface area contributed by atoms with Gasteiger partial charge >= 0.3 is 0 Å². The van der Waals surface area contributed by atoms with Crippen LogP contribution in [0.4, 0.5) is 0 Å². The van der Waals surface area contributed by atoms with Crippen molar-refractivity contribution in [2.24, 2.45) is 0 Å². The van der Waals surface area contributed by atoms with Gasteiger partial charge in [-0.15, -0.1) is 0 Å². The Hall–Kier alpha value is -1.31. The van der Waals surface area contributed by atoms with E-state index in [9.17, 15) is 4.79 Å². The minimum Gasteiger partial charge on any atom is -0.472 e. The summed E-state index contributed by atoms with van der Waals surface area (Å²) in [5, 5.41) is 0. The molecule has 0 amide bonds. The molecule has 1 rings (SSSR count). The highest BCUT2D eigenvalue weighted by Gasteiger charge is 1.83. The standard InChI is InChI=1S/C7H5O2/c8-4-1-2-7-3-5-9-6-7/h1-3,5-6H/b2-1+. The zero-order valence-corrected chi connectivity index (χ0v) is 4.70. The van der Waals surface area contributed by atoms with Gasteiger partial charge in [0.25, 0.3) is 0 Å². The van der Waals surface area contributed by atoms with E-state index in [0.29, 0.717) is 0 Å². The maximum atomic E-state index is 9.66. The Kier molecular flexibility index (Phi) is 1.85. The van der Waals surface area contributed by atoms with Gasteiger partial charge in [0.05, 0.1) is 12.5 Å². The molecule has 0 aliphatic heterocycles. The van der Waals surface area contributed by atoms with Gasteiger partial charge in [-0.05, 0) is 18.2 Å². The molecule has 0 aromatic carbocycles. The maximum Gasteiger partial charge on any atom is 0.225 e. The second-order valence-corrected chi connectivity index (χ2v) is 1.51. The zero-order valence-electron chi connectivity index (χ0n) is 4.70. The Labute approximate surface area is 52.8 Å². The molecule has 0 saturated carbocycles. The van der Waals surface area contributed by atoms with Crippen molar-refractivity contribution in [2.75, 3.05) is 0 Å². The van der Waals surface area contributed by atoms with Gasteiger partial charge in [0.2, 0.25) is 6.29 Å². The number of hydrogen-bond acceptors (Lipinski definition) is 2. The molecule has 1 heterocycles. The summed E-state index contributed by atoms with van der Waals surface area (Å²) in [5.74, 6) is 0. The second-order valence-electron chi connectivity index (χ2n) is 1.51. The van der Waals surface area contributed by atoms with E-state index in [1.165, 1.54) is 6.08 Å². The van der Waals surface area contributed by atoms with Gasteiger partial charge in [0.1, 0.15) is 0 Å². The molecule has 2 nitrogen and oxygen atoms in total. The summed E-state index contributed by atoms with van der Waals surface area (Å²) in [6.45, 7) is 0. The maximum absolute atomic E-state index is 9.66. The fraction of sp³-hybridized carbons (Fsp3) is 0. The van der Waals surface area contributed by atoms with Gasteiger partial charge in [-0.1, -0.05) is 0 Å². The summed E-state index contributed by atoms with van der Waals surface area (Å²) in [4.78, 5) is 9.66. The Morgan fingerprint density at radius 2 is 2.56 bits per heavy atom. The van der Waals surface area contributed by atoms with Crippen molar-refractivity contribution in [3.05, 3.63) is 30.2 Å². The van der Waals surface area contributed by atoms with E-state index in [4.69, 9.17) is 4.42 Å². The predicted octanol–water partition coefficient (Wildman–Crippen LogP) is 1.40. The first kappa shape index (κ1) is 5.82. The van der Waals surface area contributed by atoms with Crippen molar-refractivity contribution in [1.29, 1.82) is 0 Å². The van der Waals surface area contributed by atoms with Crippen molar-refractivity contribution in [1.82, 2.24) is 0 Å². The van der Waals surface area contributed by atoms with Crippen LogP contribution in [0, 0.1) is 0 Å². The highest BCUT2D eigenvalue weighted by molar-refractivity contribution is 5.74. The molecule has 0 aliphatic carbocycles. The fourth-order valence-corrected chi connectivity index (χ4v) is 0.500. The third kappa shape index (κ3) is 1.57. The first-order chi connectivity index (χ1) is 4.43. The molecule has 0 N–H and O–H groups in total. The second kappa shape index (κ2) is 2.87. The summed E-state index contributed by atoms with van der Waals surface area (Å²) < 4.78 is 4.73. The average molecular weight is 121 g/mol. The van der Waals surface area contributed by atoms with Crippen molar-refractivity contribution in [2.45, 2.75) is 0 Å². The molecule has 0 atom stereocenters. The van der Waals surface area contributed by atoms with Crippen molar-refractivity contribution < 1.29 is 9.21 Å². The molecule has 0 spiro atoms. The van der Waals surface area contributed by atoms with E-state index >= 15 is 0 Å². The zero-order chi connectivity index (χ0) is 6.53. The van der Waals surface area contributed by atoms with Crippen molar-refractivity contribution in [3.8, 4) is 0 Å². The van der Waals surface area contributed by atoms with Crippen molar-refractivity contribution in [3.63, 3.8) is 0 Å². The lowest BCUT2D eigenvalue weighted by atomic mass is 10.3. The largest absolute Gasteiger partial charge is 0.472 e. The Morgan fingerprint density at radius 3 is 3.11 bits per heavy atom. The summed E-state index contributed by atoms with van der Waals surface area (Å²) >= 11 is 0. The fourth-order valence-electron chi connectivity index (χ4n) is 0.500. The molecule has 1 radical (unpaired) electrons. The van der Waals surface area contributed by atoms with E-state index < -0.39 is 0 Å². The topological polar surface area (TPSA) is 30.2 Å². The van der Waals surface area contributed by atoms with Crippen LogP contribution in [0.15, 0.2) is 29.1 Å². The van der Waals surface area contributed by atoms with Crippen LogP contribution in [-0.4, -0.2) is 6.29 Å². The normalized spacial score (nSPS) is 10.2. The Bertz CT molecular complexity index is 197. The summed E-state index contributed by atoms with van der Waals surface area (Å²) in [6, 6.07) is 1.76. The lowest BCUT2D eigenvalue weighted by Gasteiger charge is -1.72. The average Bonchev–Trinajstić information content (AvgIpc) is 2.34. The molecule has 0 aliphatic rings. The molecule has 45 valence electrons. The number of carbonyl (C=O) groups excluding carboxylic acids is 1. The summed E-state index contributed by atoms with van der Waals surface area (Å²) in [6.07, 6.45) is 7.65. The molecule has 0 unspecified atom stereocenters. The summed E-state index contributed by atoms with van der Waals surface area (Å²) in [7, 11) is 0. The first-order valence-electron chi connectivity index (χ1n) is 2.50. The van der Waals surface area contributed by atoms with Gasteiger partial charge in [0, 0.05) is 5.56 Å². The van der Waals surface area contributed by atoms with Crippen LogP contribution in [0.25, 0.3) is 6.08 Å². The van der Waals surface area contributed by atoms with Gasteiger partial charge in [-0.2, -0.15) is 0 Å². The molecular weight excluding hydrogens is 116 g/mol. The van der Waals surface area contributed by atoms with Gasteiger partial charge in [-0.25, -0.2) is 0 Å². The SMILES string of the molecule is O=[C]/C=C/c1ccoc1. The first-order valence-corrected chi connectivity index (χ1v) is 2.50. The van der Waals surface area contributed by atoms with Crippen LogP contribution in [0.3, 0.4) is 0 Å². The molecule has 2 heteroatoms. The van der Waals surface area contributed by atoms with E-state index in [2.05, 4.69) is 0 Å². The van der Waals surface area contributed by atoms with Crippen molar-refractivity contribution >= 4 is 12.4 Å². The summed E-state index contributed by atoms with van der Waals surface area (Å²) in [5.41, 5.74) is 0.873. The molecule has 0 bridgehead atoms. The van der Waals surface area contributed by atoms with E-state index in [0.717, 1.165) is 5.56 Å². The number of furan rings is 1. The quantitative estimate of drug-likeness (QED) is 0.553. The minimum atomic E-state index is 0.873. The third-order valence-electron chi connectivity index (χ3n) is 0.887. The van der Waals surface area contributed by atoms with Crippen LogP contribution < -0.4 is 0 Å². The van der Waals surface area contributed by atoms with Gasteiger partial charge < -0.3 is 4.42 Å². The molecule has 9 heavy (non-hydrogen) atoms. The number of rotatable bonds is 2. The molecule has 0 saturated heterocycles. The van der Waals surface area contributed by atoms with Gasteiger partial charge in [-0.3, -0.25) is 4.79 Å². The molecular formula is C7H5O2. The molecule has 0 fully saturated rings. The third-order valence-corrected chi connectivity index (χ3v) is 0.887. The van der Waals surface area contributed by atoms with Crippen LogP contribution in [-0.2, 0) is 4.79 Å². The molecule has 1 aromatic heterocycles.